The summed E-state index contributed by atoms with van der Waals surface area (Å²) in [6.45, 7) is 7.75. The van der Waals surface area contributed by atoms with E-state index in [-0.39, 0.29) is 35.5 Å². The van der Waals surface area contributed by atoms with Crippen LogP contribution in [0.4, 0.5) is 17.5 Å². The number of aromatic nitrogens is 3. The minimum absolute atomic E-state index is 0.0429. The summed E-state index contributed by atoms with van der Waals surface area (Å²) in [7, 11) is 0. The quantitative estimate of drug-likeness (QED) is 0.479. The van der Waals surface area contributed by atoms with Crippen LogP contribution in [0.1, 0.15) is 61.5 Å². The highest BCUT2D eigenvalue weighted by Crippen LogP contribution is 2.24. The van der Waals surface area contributed by atoms with E-state index in [9.17, 15) is 9.59 Å². The Morgan fingerprint density at radius 2 is 1.81 bits per heavy atom. The number of nitrogens with one attached hydrogen (secondary N) is 3. The average Bonchev–Trinajstić information content (AvgIpc) is 2.75. The number of carbonyl (C=O) groups is 2. The zero-order chi connectivity index (χ0) is 22.4. The second-order valence-electron chi connectivity index (χ2n) is 7.95. The first kappa shape index (κ1) is 22.2. The molecule has 5 N–H and O–H groups in total. The molecule has 0 radical (unpaired) electrons. The molecule has 0 unspecified atom stereocenters. The van der Waals surface area contributed by atoms with E-state index in [0.29, 0.717) is 5.92 Å². The number of nitrogens with two attached hydrogens (primary N) is 1. The first-order valence-electron chi connectivity index (χ1n) is 10.5. The van der Waals surface area contributed by atoms with Crippen LogP contribution in [-0.4, -0.2) is 39.1 Å². The molecule has 0 bridgehead atoms. The fourth-order valence-electron chi connectivity index (χ4n) is 3.61. The van der Waals surface area contributed by atoms with E-state index in [0.717, 1.165) is 31.4 Å². The van der Waals surface area contributed by atoms with E-state index in [1.54, 1.807) is 0 Å². The molecule has 9 heteroatoms. The van der Waals surface area contributed by atoms with Gasteiger partial charge in [0.15, 0.2) is 11.5 Å². The molecule has 9 nitrogen and oxygen atoms in total. The largest absolute Gasteiger partial charge is 0.364 e. The smallest absolute Gasteiger partial charge is 0.273 e. The van der Waals surface area contributed by atoms with Gasteiger partial charge in [-0.1, -0.05) is 45.4 Å². The molecule has 31 heavy (non-hydrogen) atoms. The third-order valence-corrected chi connectivity index (χ3v) is 5.35. The number of benzene rings is 1. The van der Waals surface area contributed by atoms with Crippen molar-refractivity contribution < 1.29 is 9.59 Å². The summed E-state index contributed by atoms with van der Waals surface area (Å²) in [5, 5.41) is 17.3. The molecule has 1 saturated carbocycles. The highest BCUT2D eigenvalue weighted by Gasteiger charge is 2.27. The topological polar surface area (TPSA) is 135 Å². The predicted octanol–water partition coefficient (Wildman–Crippen LogP) is 2.86. The molecule has 2 aromatic rings. The van der Waals surface area contributed by atoms with Crippen LogP contribution in [0.2, 0.25) is 0 Å². The second kappa shape index (κ2) is 10.0. The Balaban J connectivity index is 1.81. The van der Waals surface area contributed by atoms with Crippen molar-refractivity contribution in [2.45, 2.75) is 57.5 Å². The third kappa shape index (κ3) is 5.78. The van der Waals surface area contributed by atoms with E-state index in [1.807, 2.05) is 24.3 Å². The van der Waals surface area contributed by atoms with Crippen molar-refractivity contribution in [1.29, 1.82) is 0 Å². The van der Waals surface area contributed by atoms with Gasteiger partial charge in [-0.3, -0.25) is 9.59 Å². The lowest BCUT2D eigenvalue weighted by Crippen LogP contribution is -2.48. The van der Waals surface area contributed by atoms with Gasteiger partial charge in [-0.25, -0.2) is 0 Å². The van der Waals surface area contributed by atoms with Crippen LogP contribution in [0, 0.1) is 0 Å². The van der Waals surface area contributed by atoms with Crippen molar-refractivity contribution in [2.24, 2.45) is 5.73 Å². The number of hydrogen-bond acceptors (Lipinski definition) is 7. The van der Waals surface area contributed by atoms with Gasteiger partial charge >= 0.3 is 0 Å². The maximum Gasteiger partial charge on any atom is 0.273 e. The molecule has 2 atom stereocenters. The first-order chi connectivity index (χ1) is 14.9. The van der Waals surface area contributed by atoms with Crippen LogP contribution in [0.3, 0.4) is 0 Å². The van der Waals surface area contributed by atoms with Gasteiger partial charge in [0.1, 0.15) is 0 Å². The fraction of sp³-hybridized carbons (Fsp3) is 0.409. The van der Waals surface area contributed by atoms with Crippen molar-refractivity contribution in [3.63, 3.8) is 0 Å². The Morgan fingerprint density at radius 1 is 1.13 bits per heavy atom. The molecule has 0 spiro atoms. The molecule has 1 aliphatic carbocycles. The molecule has 1 aromatic carbocycles. The lowest BCUT2D eigenvalue weighted by atomic mass is 9.90. The Kier molecular flexibility index (Phi) is 7.17. The van der Waals surface area contributed by atoms with E-state index >= 15 is 0 Å². The van der Waals surface area contributed by atoms with Crippen LogP contribution in [0.15, 0.2) is 36.9 Å². The molecule has 1 fully saturated rings. The molecular formula is C22H29N7O2. The van der Waals surface area contributed by atoms with Gasteiger partial charge < -0.3 is 21.7 Å². The van der Waals surface area contributed by atoms with Gasteiger partial charge in [-0.05, 0) is 42.5 Å². The lowest BCUT2D eigenvalue weighted by molar-refractivity contribution is -0.117. The second-order valence-corrected chi connectivity index (χ2v) is 7.95. The van der Waals surface area contributed by atoms with Crippen LogP contribution >= 0.6 is 0 Å². The number of hydrogen-bond donors (Lipinski definition) is 4. The molecule has 1 heterocycles. The van der Waals surface area contributed by atoms with Crippen LogP contribution < -0.4 is 21.7 Å². The van der Waals surface area contributed by atoms with E-state index in [1.165, 1.54) is 11.6 Å². The molecule has 1 aromatic heterocycles. The summed E-state index contributed by atoms with van der Waals surface area (Å²) in [5.74, 6) is -0.0340. The summed E-state index contributed by atoms with van der Waals surface area (Å²) < 4.78 is 0. The Bertz CT molecular complexity index is 943. The Morgan fingerprint density at radius 3 is 2.42 bits per heavy atom. The highest BCUT2D eigenvalue weighted by molar-refractivity contribution is 5.96. The number of primary amides is 1. The summed E-state index contributed by atoms with van der Waals surface area (Å²) in [6, 6.07) is 7.73. The Hall–Kier alpha value is -3.49. The SMILES string of the molecule is C=CC(=O)N[C@H]1CCCC[C@@H]1Nc1nnc(C(N)=O)c(Nc2ccc(C(C)C)cc2)n1. The van der Waals surface area contributed by atoms with Gasteiger partial charge in [-0.2, -0.15) is 4.98 Å². The minimum atomic E-state index is -0.721. The lowest BCUT2D eigenvalue weighted by Gasteiger charge is -2.32. The zero-order valence-electron chi connectivity index (χ0n) is 17.9. The standard InChI is InChI=1S/C22H29N7O2/c1-4-18(30)25-16-7-5-6-8-17(16)26-22-27-21(19(20(23)31)28-29-22)24-15-11-9-14(10-12-15)13(2)3/h4,9-13,16-17H,1,5-8H2,2-3H3,(H2,23,31)(H,25,30)(H2,24,26,27,29)/t16-,17-/m0/s1. The maximum atomic E-state index is 11.8. The normalized spacial score (nSPS) is 18.3. The highest BCUT2D eigenvalue weighted by atomic mass is 16.2. The molecule has 164 valence electrons. The maximum absolute atomic E-state index is 11.8. The molecular weight excluding hydrogens is 394 g/mol. The molecule has 1 aliphatic rings. The number of rotatable bonds is 8. The minimum Gasteiger partial charge on any atom is -0.364 e. The Labute approximate surface area is 181 Å². The van der Waals surface area contributed by atoms with Crippen LogP contribution in [0.5, 0.6) is 0 Å². The predicted molar refractivity (Wildman–Crippen MR) is 120 cm³/mol. The number of nitrogens with zero attached hydrogens (tertiary/aromatic N) is 3. The van der Waals surface area contributed by atoms with Crippen molar-refractivity contribution in [2.75, 3.05) is 10.6 Å². The van der Waals surface area contributed by atoms with Crippen molar-refractivity contribution in [3.05, 3.63) is 48.2 Å². The number of carbonyl (C=O) groups excluding carboxylic acids is 2. The summed E-state index contributed by atoms with van der Waals surface area (Å²) in [6.07, 6.45) is 5.01. The van der Waals surface area contributed by atoms with E-state index < -0.39 is 5.91 Å². The first-order valence-corrected chi connectivity index (χ1v) is 10.5. The molecule has 0 saturated heterocycles. The van der Waals surface area contributed by atoms with Gasteiger partial charge in [0.25, 0.3) is 5.91 Å². The van der Waals surface area contributed by atoms with Gasteiger partial charge in [0, 0.05) is 17.8 Å². The number of amides is 2. The number of anilines is 3. The average molecular weight is 424 g/mol. The zero-order valence-corrected chi connectivity index (χ0v) is 17.9. The van der Waals surface area contributed by atoms with Crippen molar-refractivity contribution in [1.82, 2.24) is 20.5 Å². The fourth-order valence-corrected chi connectivity index (χ4v) is 3.61. The van der Waals surface area contributed by atoms with Crippen molar-refractivity contribution in [3.8, 4) is 0 Å². The molecule has 0 aliphatic heterocycles. The molecule has 2 amide bonds. The van der Waals surface area contributed by atoms with Gasteiger partial charge in [0.2, 0.25) is 11.9 Å². The monoisotopic (exact) mass is 423 g/mol. The van der Waals surface area contributed by atoms with Crippen LogP contribution in [-0.2, 0) is 4.79 Å². The molecule has 3 rings (SSSR count). The summed E-state index contributed by atoms with van der Waals surface area (Å²) >= 11 is 0. The third-order valence-electron chi connectivity index (χ3n) is 5.35. The summed E-state index contributed by atoms with van der Waals surface area (Å²) in [5.41, 5.74) is 7.38. The van der Waals surface area contributed by atoms with E-state index in [2.05, 4.69) is 51.6 Å². The van der Waals surface area contributed by atoms with E-state index in [4.69, 9.17) is 5.73 Å². The van der Waals surface area contributed by atoms with Crippen LogP contribution in [0.25, 0.3) is 0 Å². The van der Waals surface area contributed by atoms with Gasteiger partial charge in [-0.15, -0.1) is 10.2 Å². The van der Waals surface area contributed by atoms with Gasteiger partial charge in [0.05, 0.1) is 0 Å². The van der Waals surface area contributed by atoms with Crippen molar-refractivity contribution >= 4 is 29.3 Å². The summed E-state index contributed by atoms with van der Waals surface area (Å²) in [4.78, 5) is 28.0.